The van der Waals surface area contributed by atoms with Crippen molar-refractivity contribution in [3.05, 3.63) is 34.5 Å². The van der Waals surface area contributed by atoms with Crippen molar-refractivity contribution in [2.45, 2.75) is 27.3 Å². The van der Waals surface area contributed by atoms with Crippen molar-refractivity contribution < 1.29 is 0 Å². The van der Waals surface area contributed by atoms with Crippen molar-refractivity contribution >= 4 is 10.9 Å². The van der Waals surface area contributed by atoms with E-state index >= 15 is 0 Å². The van der Waals surface area contributed by atoms with Crippen molar-refractivity contribution in [3.8, 4) is 0 Å². The van der Waals surface area contributed by atoms with Crippen molar-refractivity contribution in [2.75, 3.05) is 26.2 Å². The van der Waals surface area contributed by atoms with E-state index in [4.69, 9.17) is 0 Å². The second-order valence-corrected chi connectivity index (χ2v) is 6.13. The summed E-state index contributed by atoms with van der Waals surface area (Å²) in [5, 5.41) is 4.87. The van der Waals surface area contributed by atoms with E-state index in [2.05, 4.69) is 54.7 Å². The Morgan fingerprint density at radius 3 is 2.50 bits per heavy atom. The molecule has 0 amide bonds. The van der Waals surface area contributed by atoms with Gasteiger partial charge in [0.15, 0.2) is 0 Å². The molecular weight excluding hydrogens is 246 g/mol. The molecule has 1 aromatic heterocycles. The summed E-state index contributed by atoms with van der Waals surface area (Å²) >= 11 is 0. The molecule has 0 radical (unpaired) electrons. The van der Waals surface area contributed by atoms with Crippen LogP contribution in [0.5, 0.6) is 0 Å². The number of nitrogens with one attached hydrogen (secondary N) is 1. The molecule has 0 bridgehead atoms. The second kappa shape index (κ2) is 5.23. The molecule has 0 aliphatic carbocycles. The molecule has 3 rings (SSSR count). The number of fused-ring (bicyclic) bond motifs is 1. The molecule has 2 aromatic rings. The zero-order valence-electron chi connectivity index (χ0n) is 13.1. The molecule has 1 fully saturated rings. The number of nitrogens with zero attached hydrogens (tertiary/aromatic N) is 2. The van der Waals surface area contributed by atoms with Crippen LogP contribution in [-0.2, 0) is 13.6 Å². The highest BCUT2D eigenvalue weighted by Crippen LogP contribution is 2.29. The third kappa shape index (κ3) is 2.25. The van der Waals surface area contributed by atoms with E-state index in [0.29, 0.717) is 0 Å². The van der Waals surface area contributed by atoms with Crippen LogP contribution in [0.4, 0.5) is 0 Å². The van der Waals surface area contributed by atoms with Crippen molar-refractivity contribution in [3.63, 3.8) is 0 Å². The average molecular weight is 271 g/mol. The molecule has 1 N–H and O–H groups in total. The van der Waals surface area contributed by atoms with E-state index in [0.717, 1.165) is 32.7 Å². The minimum absolute atomic E-state index is 1.08. The number of piperazine rings is 1. The first-order valence-corrected chi connectivity index (χ1v) is 7.56. The molecule has 0 unspecified atom stereocenters. The molecule has 3 nitrogen and oxygen atoms in total. The first kappa shape index (κ1) is 13.7. The maximum Gasteiger partial charge on any atom is 0.0513 e. The quantitative estimate of drug-likeness (QED) is 0.905. The Labute approximate surface area is 121 Å². The molecule has 20 heavy (non-hydrogen) atoms. The van der Waals surface area contributed by atoms with Gasteiger partial charge in [-0.1, -0.05) is 11.6 Å². The molecule has 0 atom stereocenters. The van der Waals surface area contributed by atoms with Gasteiger partial charge in [-0.15, -0.1) is 0 Å². The van der Waals surface area contributed by atoms with E-state index in [1.807, 2.05) is 0 Å². The van der Waals surface area contributed by atoms with Crippen molar-refractivity contribution in [1.29, 1.82) is 0 Å². The van der Waals surface area contributed by atoms with Crippen LogP contribution in [0.3, 0.4) is 0 Å². The molecular formula is C17H25N3. The molecule has 1 aliphatic heterocycles. The lowest BCUT2D eigenvalue weighted by atomic mass is 10.0. The van der Waals surface area contributed by atoms with Gasteiger partial charge in [0.25, 0.3) is 0 Å². The Balaban J connectivity index is 2.07. The van der Waals surface area contributed by atoms with Gasteiger partial charge in [0.2, 0.25) is 0 Å². The molecule has 0 spiro atoms. The third-order valence-electron chi connectivity index (χ3n) is 4.64. The normalized spacial score (nSPS) is 17.0. The Hall–Kier alpha value is -1.32. The Bertz CT molecular complexity index is 633. The fourth-order valence-electron chi connectivity index (χ4n) is 3.49. The second-order valence-electron chi connectivity index (χ2n) is 6.13. The Morgan fingerprint density at radius 2 is 1.80 bits per heavy atom. The van der Waals surface area contributed by atoms with Crippen LogP contribution in [0.1, 0.15) is 22.4 Å². The fourth-order valence-corrected chi connectivity index (χ4v) is 3.49. The van der Waals surface area contributed by atoms with E-state index in [9.17, 15) is 0 Å². The fraction of sp³-hybridized carbons (Fsp3) is 0.529. The van der Waals surface area contributed by atoms with Gasteiger partial charge < -0.3 is 9.88 Å². The lowest BCUT2D eigenvalue weighted by Crippen LogP contribution is -2.42. The maximum absolute atomic E-state index is 3.43. The number of rotatable bonds is 2. The largest absolute Gasteiger partial charge is 0.347 e. The van der Waals surface area contributed by atoms with Crippen LogP contribution >= 0.6 is 0 Å². The van der Waals surface area contributed by atoms with Gasteiger partial charge in [0.1, 0.15) is 0 Å². The average Bonchev–Trinajstić information content (AvgIpc) is 2.65. The topological polar surface area (TPSA) is 20.2 Å². The highest BCUT2D eigenvalue weighted by atomic mass is 15.2. The van der Waals surface area contributed by atoms with Crippen LogP contribution in [0.2, 0.25) is 0 Å². The minimum Gasteiger partial charge on any atom is -0.347 e. The van der Waals surface area contributed by atoms with Gasteiger partial charge in [-0.3, -0.25) is 4.90 Å². The van der Waals surface area contributed by atoms with E-state index < -0.39 is 0 Å². The predicted octanol–water partition coefficient (Wildman–Crippen LogP) is 2.51. The summed E-state index contributed by atoms with van der Waals surface area (Å²) in [4.78, 5) is 2.57. The highest BCUT2D eigenvalue weighted by Gasteiger charge is 2.17. The third-order valence-corrected chi connectivity index (χ3v) is 4.64. The molecule has 2 heterocycles. The molecule has 108 valence electrons. The first-order chi connectivity index (χ1) is 9.58. The SMILES string of the molecule is Cc1cc(C)c2c(c1)c(CN1CCNCC1)c(C)n2C. The van der Waals surface area contributed by atoms with Crippen molar-refractivity contribution in [2.24, 2.45) is 7.05 Å². The van der Waals surface area contributed by atoms with Gasteiger partial charge in [-0.05, 0) is 38.0 Å². The minimum atomic E-state index is 1.08. The monoisotopic (exact) mass is 271 g/mol. The van der Waals surface area contributed by atoms with Crippen LogP contribution in [0.15, 0.2) is 12.1 Å². The van der Waals surface area contributed by atoms with E-state index in [1.165, 1.54) is 33.3 Å². The van der Waals surface area contributed by atoms with Gasteiger partial charge >= 0.3 is 0 Å². The van der Waals surface area contributed by atoms with E-state index in [-0.39, 0.29) is 0 Å². The zero-order valence-corrected chi connectivity index (χ0v) is 13.1. The van der Waals surface area contributed by atoms with Crippen LogP contribution < -0.4 is 5.32 Å². The summed E-state index contributed by atoms with van der Waals surface area (Å²) in [6.45, 7) is 12.3. The van der Waals surface area contributed by atoms with Crippen LogP contribution in [-0.4, -0.2) is 35.6 Å². The molecule has 1 saturated heterocycles. The number of benzene rings is 1. The number of aryl methyl sites for hydroxylation is 3. The van der Waals surface area contributed by atoms with Gasteiger partial charge in [0.05, 0.1) is 5.52 Å². The molecule has 1 aliphatic rings. The van der Waals surface area contributed by atoms with E-state index in [1.54, 1.807) is 0 Å². The summed E-state index contributed by atoms with van der Waals surface area (Å²) in [5.74, 6) is 0. The summed E-state index contributed by atoms with van der Waals surface area (Å²) < 4.78 is 2.36. The number of aromatic nitrogens is 1. The summed E-state index contributed by atoms with van der Waals surface area (Å²) in [7, 11) is 2.20. The zero-order chi connectivity index (χ0) is 14.3. The highest BCUT2D eigenvalue weighted by molar-refractivity contribution is 5.88. The summed E-state index contributed by atoms with van der Waals surface area (Å²) in [6.07, 6.45) is 0. The van der Waals surface area contributed by atoms with Crippen LogP contribution in [0.25, 0.3) is 10.9 Å². The Kier molecular flexibility index (Phi) is 3.57. The maximum atomic E-state index is 3.43. The van der Waals surface area contributed by atoms with Gasteiger partial charge in [0, 0.05) is 50.9 Å². The number of hydrogen-bond donors (Lipinski definition) is 1. The van der Waals surface area contributed by atoms with Crippen LogP contribution in [0, 0.1) is 20.8 Å². The lowest BCUT2D eigenvalue weighted by molar-refractivity contribution is 0.233. The van der Waals surface area contributed by atoms with Crippen molar-refractivity contribution in [1.82, 2.24) is 14.8 Å². The Morgan fingerprint density at radius 1 is 1.10 bits per heavy atom. The molecule has 1 aromatic carbocycles. The van der Waals surface area contributed by atoms with Gasteiger partial charge in [-0.2, -0.15) is 0 Å². The first-order valence-electron chi connectivity index (χ1n) is 7.56. The lowest BCUT2D eigenvalue weighted by Gasteiger charge is -2.27. The summed E-state index contributed by atoms with van der Waals surface area (Å²) in [6, 6.07) is 4.64. The standard InChI is InChI=1S/C17H25N3/c1-12-9-13(2)17-15(10-12)16(14(3)19(17)4)11-20-7-5-18-6-8-20/h9-10,18H,5-8,11H2,1-4H3. The smallest absolute Gasteiger partial charge is 0.0513 e. The molecule has 3 heteroatoms. The number of hydrogen-bond acceptors (Lipinski definition) is 2. The molecule has 0 saturated carbocycles. The summed E-state index contributed by atoms with van der Waals surface area (Å²) in [5.41, 5.74) is 7.07. The predicted molar refractivity (Wildman–Crippen MR) is 85.3 cm³/mol. The van der Waals surface area contributed by atoms with Gasteiger partial charge in [-0.25, -0.2) is 0 Å².